The van der Waals surface area contributed by atoms with Gasteiger partial charge in [-0.25, -0.2) is 9.59 Å². The lowest BCUT2D eigenvalue weighted by Gasteiger charge is -2.09. The highest BCUT2D eigenvalue weighted by atomic mass is 16.6. The fourth-order valence-corrected chi connectivity index (χ4v) is 3.84. The highest BCUT2D eigenvalue weighted by molar-refractivity contribution is 5.86. The molecule has 1 rings (SSSR count). The minimum Gasteiger partial charge on any atom is -0.460 e. The summed E-state index contributed by atoms with van der Waals surface area (Å²) < 4.78 is 75.4. The van der Waals surface area contributed by atoms with Crippen LogP contribution in [0.1, 0.15) is 12.5 Å². The lowest BCUT2D eigenvalue weighted by atomic mass is 10.2. The molecule has 0 spiro atoms. The summed E-state index contributed by atoms with van der Waals surface area (Å²) in [5, 5.41) is 2.64. The van der Waals surface area contributed by atoms with Crippen LogP contribution in [0.4, 0.5) is 4.79 Å². The molecule has 0 unspecified atom stereocenters. The minimum atomic E-state index is -0.474. The van der Waals surface area contributed by atoms with Gasteiger partial charge in [0, 0.05) is 12.1 Å². The van der Waals surface area contributed by atoms with Crippen LogP contribution in [-0.4, -0.2) is 184 Å². The average Bonchev–Trinajstić information content (AvgIpc) is 3.19. The number of amides is 1. The predicted molar refractivity (Wildman–Crippen MR) is 200 cm³/mol. The molecule has 0 heterocycles. The molecule has 0 aliphatic carbocycles. The number of hydrogen-bond donors (Lipinski definition) is 1. The Kier molecular flexibility index (Phi) is 37.3. The fourth-order valence-electron chi connectivity index (χ4n) is 3.84. The third kappa shape index (κ3) is 37.9. The summed E-state index contributed by atoms with van der Waals surface area (Å²) in [4.78, 5) is 22.9. The largest absolute Gasteiger partial charge is 0.460 e. The van der Waals surface area contributed by atoms with Crippen LogP contribution in [0.3, 0.4) is 0 Å². The molecule has 0 radical (unpaired) electrons. The van der Waals surface area contributed by atoms with E-state index in [1.165, 1.54) is 0 Å². The van der Waals surface area contributed by atoms with E-state index in [9.17, 15) is 9.59 Å². The SMILES string of the molecule is C=C(C)C(=O)OCCOCCOCCOCCOCCOCCOCCOCCOCCOCCOCCOCCOCCNC(=O)OCc1ccccc1. The zero-order chi connectivity index (χ0) is 39.5. The van der Waals surface area contributed by atoms with Crippen molar-refractivity contribution in [2.75, 3.05) is 172 Å². The van der Waals surface area contributed by atoms with E-state index in [4.69, 9.17) is 66.3 Å². The van der Waals surface area contributed by atoms with E-state index in [-0.39, 0.29) is 13.2 Å². The first-order valence-electron chi connectivity index (χ1n) is 18.8. The van der Waals surface area contributed by atoms with Gasteiger partial charge in [0.25, 0.3) is 0 Å². The third-order valence-electron chi connectivity index (χ3n) is 6.63. The number of benzene rings is 1. The van der Waals surface area contributed by atoms with Gasteiger partial charge in [-0.3, -0.25) is 0 Å². The number of hydrogen-bond acceptors (Lipinski definition) is 16. The normalized spacial score (nSPS) is 11.1. The molecule has 0 atom stereocenters. The Bertz CT molecular complexity index is 1010. The molecule has 0 bridgehead atoms. The highest BCUT2D eigenvalue weighted by Gasteiger charge is 2.03. The van der Waals surface area contributed by atoms with Crippen LogP contribution in [0.25, 0.3) is 0 Å². The Morgan fingerprint density at radius 1 is 0.436 bits per heavy atom. The second kappa shape index (κ2) is 40.9. The van der Waals surface area contributed by atoms with Crippen LogP contribution in [0.2, 0.25) is 0 Å². The quantitative estimate of drug-likeness (QED) is 0.0579. The van der Waals surface area contributed by atoms with Crippen molar-refractivity contribution in [1.82, 2.24) is 5.32 Å². The monoisotopic (exact) mass is 791 g/mol. The molecule has 1 aromatic rings. The number of esters is 1. The van der Waals surface area contributed by atoms with Gasteiger partial charge in [-0.1, -0.05) is 36.9 Å². The Balaban J connectivity index is 1.63. The summed E-state index contributed by atoms with van der Waals surface area (Å²) in [7, 11) is 0. The van der Waals surface area contributed by atoms with Crippen LogP contribution in [0.5, 0.6) is 0 Å². The van der Waals surface area contributed by atoms with Gasteiger partial charge in [-0.2, -0.15) is 0 Å². The molecular weight excluding hydrogens is 726 g/mol. The van der Waals surface area contributed by atoms with E-state index < -0.39 is 12.1 Å². The first-order chi connectivity index (χ1) is 27.1. The second-order valence-corrected chi connectivity index (χ2v) is 11.3. The third-order valence-corrected chi connectivity index (χ3v) is 6.63. The second-order valence-electron chi connectivity index (χ2n) is 11.3. The lowest BCUT2D eigenvalue weighted by Crippen LogP contribution is -2.28. The fraction of sp³-hybridized carbons (Fsp3) is 0.737. The van der Waals surface area contributed by atoms with Crippen molar-refractivity contribution in [3.63, 3.8) is 0 Å². The zero-order valence-electron chi connectivity index (χ0n) is 32.7. The van der Waals surface area contributed by atoms with Crippen molar-refractivity contribution in [3.8, 4) is 0 Å². The van der Waals surface area contributed by atoms with Crippen molar-refractivity contribution in [1.29, 1.82) is 0 Å². The van der Waals surface area contributed by atoms with Gasteiger partial charge in [0.15, 0.2) is 0 Å². The molecule has 0 aliphatic rings. The van der Waals surface area contributed by atoms with Crippen LogP contribution < -0.4 is 5.32 Å². The zero-order valence-corrected chi connectivity index (χ0v) is 32.7. The van der Waals surface area contributed by atoms with Crippen molar-refractivity contribution < 1.29 is 75.9 Å². The topological polar surface area (TPSA) is 175 Å². The molecule has 1 N–H and O–H groups in total. The molecule has 0 saturated heterocycles. The molecule has 1 amide bonds. The number of carbonyl (C=O) groups is 2. The van der Waals surface area contributed by atoms with E-state index in [2.05, 4.69) is 11.9 Å². The maximum atomic E-state index is 11.7. The van der Waals surface area contributed by atoms with Gasteiger partial charge in [-0.15, -0.1) is 0 Å². The molecular formula is C38H65NO16. The summed E-state index contributed by atoms with van der Waals surface area (Å²) in [5.74, 6) is -0.418. The Labute approximate surface area is 326 Å². The number of rotatable bonds is 42. The summed E-state index contributed by atoms with van der Waals surface area (Å²) in [6.07, 6.45) is -0.474. The van der Waals surface area contributed by atoms with Crippen molar-refractivity contribution >= 4 is 12.1 Å². The van der Waals surface area contributed by atoms with Crippen molar-refractivity contribution in [2.45, 2.75) is 13.5 Å². The molecule has 0 fully saturated rings. The van der Waals surface area contributed by atoms with Crippen LogP contribution >= 0.6 is 0 Å². The van der Waals surface area contributed by atoms with Crippen LogP contribution in [0, 0.1) is 0 Å². The van der Waals surface area contributed by atoms with Crippen LogP contribution in [-0.2, 0) is 77.7 Å². The molecule has 0 saturated carbocycles. The predicted octanol–water partition coefficient (Wildman–Crippen LogP) is 2.23. The molecule has 318 valence electrons. The molecule has 17 nitrogen and oxygen atoms in total. The molecule has 1 aromatic carbocycles. The number of carbonyl (C=O) groups excluding carboxylic acids is 2. The van der Waals surface area contributed by atoms with Gasteiger partial charge >= 0.3 is 12.1 Å². The summed E-state index contributed by atoms with van der Waals surface area (Å²) in [6.45, 7) is 16.9. The van der Waals surface area contributed by atoms with E-state index >= 15 is 0 Å². The smallest absolute Gasteiger partial charge is 0.407 e. The maximum Gasteiger partial charge on any atom is 0.407 e. The summed E-state index contributed by atoms with van der Waals surface area (Å²) in [6, 6.07) is 9.49. The first-order valence-corrected chi connectivity index (χ1v) is 18.8. The van der Waals surface area contributed by atoms with Gasteiger partial charge in [0.05, 0.1) is 159 Å². The summed E-state index contributed by atoms with van der Waals surface area (Å²) in [5.41, 5.74) is 1.30. The van der Waals surface area contributed by atoms with E-state index in [1.54, 1.807) is 6.92 Å². The molecule has 0 aliphatic heterocycles. The Morgan fingerprint density at radius 3 is 1.04 bits per heavy atom. The molecule has 0 aromatic heterocycles. The van der Waals surface area contributed by atoms with Crippen molar-refractivity contribution in [2.24, 2.45) is 0 Å². The standard InChI is InChI=1S/C38H65NO16/c1-35(2)37(40)54-33-32-53-31-30-52-29-28-51-27-26-50-25-24-49-23-22-48-21-20-47-19-18-46-17-16-45-15-14-44-13-12-43-11-10-42-9-8-39-38(41)55-34-36-6-4-3-5-7-36/h3-7H,1,8-34H2,2H3,(H,39,41). The highest BCUT2D eigenvalue weighted by Crippen LogP contribution is 2.00. The molecule has 55 heavy (non-hydrogen) atoms. The van der Waals surface area contributed by atoms with Crippen LogP contribution in [0.15, 0.2) is 42.5 Å². The maximum absolute atomic E-state index is 11.7. The number of alkyl carbamates (subject to hydrolysis) is 1. The summed E-state index contributed by atoms with van der Waals surface area (Å²) >= 11 is 0. The van der Waals surface area contributed by atoms with Gasteiger partial charge in [-0.05, 0) is 12.5 Å². The van der Waals surface area contributed by atoms with E-state index in [1.807, 2.05) is 30.3 Å². The number of nitrogens with one attached hydrogen (secondary N) is 1. The van der Waals surface area contributed by atoms with Gasteiger partial charge in [0.1, 0.15) is 13.2 Å². The Morgan fingerprint density at radius 2 is 0.727 bits per heavy atom. The van der Waals surface area contributed by atoms with Gasteiger partial charge in [0.2, 0.25) is 0 Å². The average molecular weight is 792 g/mol. The van der Waals surface area contributed by atoms with E-state index in [0.29, 0.717) is 171 Å². The molecule has 17 heteroatoms. The lowest BCUT2D eigenvalue weighted by molar-refractivity contribution is -0.140. The first kappa shape index (κ1) is 50.2. The minimum absolute atomic E-state index is 0.193. The van der Waals surface area contributed by atoms with Gasteiger partial charge < -0.3 is 71.6 Å². The van der Waals surface area contributed by atoms with E-state index in [0.717, 1.165) is 5.56 Å². The van der Waals surface area contributed by atoms with Crippen molar-refractivity contribution in [3.05, 3.63) is 48.0 Å². The Hall–Kier alpha value is -2.78. The number of ether oxygens (including phenoxy) is 14.